The van der Waals surface area contributed by atoms with Crippen molar-refractivity contribution in [2.75, 3.05) is 13.2 Å². The smallest absolute Gasteiger partial charge is 0.411 e. The molecule has 0 bridgehead atoms. The predicted octanol–water partition coefficient (Wildman–Crippen LogP) is 8.08. The van der Waals surface area contributed by atoms with Gasteiger partial charge in [-0.05, 0) is 60.6 Å². The van der Waals surface area contributed by atoms with Crippen LogP contribution in [0.4, 0.5) is 35.5 Å². The Morgan fingerprint density at radius 1 is 1.06 bits per heavy atom. The molecule has 2 amide bonds. The molecule has 1 atom stereocenters. The van der Waals surface area contributed by atoms with Crippen molar-refractivity contribution < 1.29 is 45.1 Å². The van der Waals surface area contributed by atoms with Crippen LogP contribution in [0, 0.1) is 10.8 Å². The molecule has 2 aromatic carbocycles. The van der Waals surface area contributed by atoms with Crippen molar-refractivity contribution in [2.45, 2.75) is 70.8 Å². The standard InChI is InChI=1S/C34H35ClF7N9O3/c1-32(2,3)13-14-44-30(43)50(28(52)20-6-4-19(5-7-20)23-10-15-49(48-23)29(38)39)25(17-54-31(53)47-33(11-12-33)34(40,41)42)21-8-9-22(35)24(16-21)51-27(26(36)37)45-18-46-51/h4-10,15-16,18,25-26,29H,11-14,17H2,1-3H3,(H2,43,44)(H,47,53)/t25-/m1/s1. The molecule has 0 aliphatic heterocycles. The molecule has 0 unspecified atom stereocenters. The zero-order valence-corrected chi connectivity index (χ0v) is 29.7. The van der Waals surface area contributed by atoms with Crippen LogP contribution in [0.25, 0.3) is 16.9 Å². The summed E-state index contributed by atoms with van der Waals surface area (Å²) < 4.78 is 101. The summed E-state index contributed by atoms with van der Waals surface area (Å²) in [5.74, 6) is -2.13. The fraction of sp³-hybridized carbons (Fsp3) is 0.412. The van der Waals surface area contributed by atoms with Crippen molar-refractivity contribution in [3.63, 3.8) is 0 Å². The first kappa shape index (κ1) is 40.0. The molecule has 290 valence electrons. The van der Waals surface area contributed by atoms with Gasteiger partial charge in [0.25, 0.3) is 12.3 Å². The van der Waals surface area contributed by atoms with Crippen molar-refractivity contribution in [2.24, 2.45) is 5.41 Å². The van der Waals surface area contributed by atoms with Crippen LogP contribution < -0.4 is 10.6 Å². The lowest BCUT2D eigenvalue weighted by Gasteiger charge is -2.33. The van der Waals surface area contributed by atoms with E-state index in [4.69, 9.17) is 21.7 Å². The Balaban J connectivity index is 1.56. The van der Waals surface area contributed by atoms with Gasteiger partial charge in [-0.15, -0.1) is 0 Å². The summed E-state index contributed by atoms with van der Waals surface area (Å²) in [6, 6.07) is 9.32. The van der Waals surface area contributed by atoms with E-state index < -0.39 is 61.1 Å². The van der Waals surface area contributed by atoms with Gasteiger partial charge >= 0.3 is 18.8 Å². The summed E-state index contributed by atoms with van der Waals surface area (Å²) in [5, 5.41) is 21.3. The van der Waals surface area contributed by atoms with Crippen LogP contribution in [0.3, 0.4) is 0 Å². The summed E-state index contributed by atoms with van der Waals surface area (Å²) in [6.45, 7) is 2.32. The van der Waals surface area contributed by atoms with E-state index in [0.717, 1.165) is 22.1 Å². The lowest BCUT2D eigenvalue weighted by molar-refractivity contribution is -0.164. The van der Waals surface area contributed by atoms with Crippen molar-refractivity contribution in [3.8, 4) is 16.9 Å². The van der Waals surface area contributed by atoms with Gasteiger partial charge < -0.3 is 15.4 Å². The topological polar surface area (TPSA) is 143 Å². The summed E-state index contributed by atoms with van der Waals surface area (Å²) in [5.41, 5.74) is -2.25. The minimum Gasteiger partial charge on any atom is -0.447 e. The highest BCUT2D eigenvalue weighted by Gasteiger charge is 2.64. The maximum Gasteiger partial charge on any atom is 0.411 e. The van der Waals surface area contributed by atoms with E-state index >= 15 is 0 Å². The zero-order valence-electron chi connectivity index (χ0n) is 29.0. The number of nitrogens with zero attached hydrogens (tertiary/aromatic N) is 6. The molecule has 1 saturated carbocycles. The molecule has 1 aliphatic rings. The van der Waals surface area contributed by atoms with Gasteiger partial charge in [0.05, 0.1) is 22.4 Å². The monoisotopic (exact) mass is 785 g/mol. The predicted molar refractivity (Wildman–Crippen MR) is 181 cm³/mol. The normalized spacial score (nSPS) is 14.5. The largest absolute Gasteiger partial charge is 0.447 e. The van der Waals surface area contributed by atoms with Crippen molar-refractivity contribution in [1.82, 2.24) is 40.1 Å². The van der Waals surface area contributed by atoms with Crippen LogP contribution in [0.2, 0.25) is 5.02 Å². The van der Waals surface area contributed by atoms with Crippen LogP contribution in [0.5, 0.6) is 0 Å². The van der Waals surface area contributed by atoms with Crippen LogP contribution in [-0.4, -0.2) is 72.3 Å². The highest BCUT2D eigenvalue weighted by molar-refractivity contribution is 6.32. The second-order valence-electron chi connectivity index (χ2n) is 13.7. The van der Waals surface area contributed by atoms with Gasteiger partial charge in [-0.2, -0.15) is 32.1 Å². The number of aromatic nitrogens is 5. The summed E-state index contributed by atoms with van der Waals surface area (Å²) in [7, 11) is 0. The molecule has 0 spiro atoms. The molecule has 1 aliphatic carbocycles. The van der Waals surface area contributed by atoms with E-state index in [2.05, 4.69) is 20.5 Å². The number of halogens is 8. The first-order valence-electron chi connectivity index (χ1n) is 16.4. The van der Waals surface area contributed by atoms with Gasteiger partial charge in [-0.1, -0.05) is 50.6 Å². The third-order valence-corrected chi connectivity index (χ3v) is 8.85. The van der Waals surface area contributed by atoms with E-state index in [-0.39, 0.29) is 52.3 Å². The molecule has 3 N–H and O–H groups in total. The molecular formula is C34H35ClF7N9O3. The van der Waals surface area contributed by atoms with Crippen molar-refractivity contribution in [3.05, 3.63) is 83.0 Å². The number of ether oxygens (including phenoxy) is 1. The molecule has 5 rings (SSSR count). The number of hydrogen-bond acceptors (Lipinski definition) is 7. The van der Waals surface area contributed by atoms with E-state index in [1.807, 2.05) is 26.1 Å². The Labute approximate surface area is 309 Å². The number of amides is 2. The molecule has 2 aromatic heterocycles. The minimum absolute atomic E-state index is 0.0386. The number of alkyl carbamates (subject to hydrolysis) is 1. The Bertz CT molecular complexity index is 1970. The molecule has 12 nitrogen and oxygen atoms in total. The van der Waals surface area contributed by atoms with E-state index in [9.17, 15) is 40.3 Å². The minimum atomic E-state index is -4.76. The van der Waals surface area contributed by atoms with Gasteiger partial charge in [0, 0.05) is 23.9 Å². The Morgan fingerprint density at radius 2 is 1.74 bits per heavy atom. The zero-order chi connectivity index (χ0) is 39.6. The highest BCUT2D eigenvalue weighted by Crippen LogP contribution is 2.49. The highest BCUT2D eigenvalue weighted by atomic mass is 35.5. The molecule has 2 heterocycles. The molecule has 1 fully saturated rings. The lowest BCUT2D eigenvalue weighted by Crippen LogP contribution is -2.50. The summed E-state index contributed by atoms with van der Waals surface area (Å²) >= 11 is 6.40. The first-order chi connectivity index (χ1) is 25.3. The van der Waals surface area contributed by atoms with Crippen LogP contribution >= 0.6 is 11.6 Å². The molecule has 20 heteroatoms. The molecular weight excluding hydrogens is 751 g/mol. The Kier molecular flexibility index (Phi) is 11.6. The number of carbonyl (C=O) groups excluding carboxylic acids is 2. The number of benzene rings is 2. The van der Waals surface area contributed by atoms with Crippen LogP contribution in [-0.2, 0) is 4.74 Å². The molecule has 4 aromatic rings. The van der Waals surface area contributed by atoms with Crippen molar-refractivity contribution in [1.29, 1.82) is 5.41 Å². The van der Waals surface area contributed by atoms with E-state index in [1.165, 1.54) is 48.5 Å². The maximum atomic E-state index is 14.4. The summed E-state index contributed by atoms with van der Waals surface area (Å²) in [4.78, 5) is 31.7. The fourth-order valence-corrected chi connectivity index (χ4v) is 5.56. The first-order valence-corrected chi connectivity index (χ1v) is 16.8. The van der Waals surface area contributed by atoms with Crippen LogP contribution in [0.1, 0.15) is 80.8 Å². The molecule has 0 radical (unpaired) electrons. The van der Waals surface area contributed by atoms with Gasteiger partial charge in [0.15, 0.2) is 11.8 Å². The maximum absolute atomic E-state index is 14.4. The number of rotatable bonds is 12. The van der Waals surface area contributed by atoms with Crippen molar-refractivity contribution >= 4 is 29.6 Å². The average molecular weight is 786 g/mol. The second kappa shape index (κ2) is 15.6. The van der Waals surface area contributed by atoms with Gasteiger partial charge in [-0.25, -0.2) is 27.9 Å². The molecule has 54 heavy (non-hydrogen) atoms. The molecule has 0 saturated heterocycles. The fourth-order valence-electron chi connectivity index (χ4n) is 5.36. The van der Waals surface area contributed by atoms with E-state index in [0.29, 0.717) is 16.7 Å². The number of alkyl halides is 7. The van der Waals surface area contributed by atoms with Gasteiger partial charge in [0.1, 0.15) is 18.5 Å². The van der Waals surface area contributed by atoms with E-state index in [1.54, 1.807) is 0 Å². The average Bonchev–Trinajstić information content (AvgIpc) is 3.47. The Hall–Kier alpha value is -5.20. The summed E-state index contributed by atoms with van der Waals surface area (Å²) in [6.07, 6.45) is -7.56. The quantitative estimate of drug-likeness (QED) is 0.0749. The van der Waals surface area contributed by atoms with Crippen LogP contribution in [0.15, 0.2) is 61.1 Å². The lowest BCUT2D eigenvalue weighted by atomic mass is 9.92. The number of hydrogen-bond donors (Lipinski definition) is 3. The van der Waals surface area contributed by atoms with Gasteiger partial charge in [-0.3, -0.25) is 15.1 Å². The number of guanidine groups is 1. The third-order valence-electron chi connectivity index (χ3n) is 8.53. The Morgan fingerprint density at radius 3 is 2.31 bits per heavy atom. The number of nitrogens with one attached hydrogen (secondary N) is 3. The van der Waals surface area contributed by atoms with Gasteiger partial charge in [0.2, 0.25) is 0 Å². The third kappa shape index (κ3) is 9.11. The second-order valence-corrected chi connectivity index (χ2v) is 14.1. The number of carbonyl (C=O) groups is 2. The SMILES string of the molecule is CC(C)(C)CCNC(=N)N(C(=O)c1ccc(-c2ccn(C(F)F)n2)cc1)[C@H](COC(=O)NC1(C(F)(F)F)CC1)c1ccc(Cl)c(-n2ncnc2C(F)F)c1.